The van der Waals surface area contributed by atoms with Crippen LogP contribution < -0.4 is 16.0 Å². The lowest BCUT2D eigenvalue weighted by Crippen LogP contribution is -2.26. The van der Waals surface area contributed by atoms with Gasteiger partial charge in [0.2, 0.25) is 5.91 Å². The first-order chi connectivity index (χ1) is 14.4. The van der Waals surface area contributed by atoms with Crippen molar-refractivity contribution in [3.63, 3.8) is 0 Å². The highest BCUT2D eigenvalue weighted by molar-refractivity contribution is 6.42. The number of halogens is 2. The van der Waals surface area contributed by atoms with Crippen molar-refractivity contribution in [3.8, 4) is 0 Å². The van der Waals surface area contributed by atoms with Gasteiger partial charge in [0.15, 0.2) is 0 Å². The van der Waals surface area contributed by atoms with Crippen LogP contribution in [0.2, 0.25) is 10.0 Å². The van der Waals surface area contributed by atoms with E-state index in [0.717, 1.165) is 5.56 Å². The standard InChI is InChI=1S/C23H21Cl2N3O2/c1-15(16-6-3-2-4-7-16)27-23(30)17-8-5-9-18(12-17)26-14-22(29)28-19-10-11-20(24)21(25)13-19/h2-13,15,26H,14H2,1H3,(H,27,30)(H,28,29). The molecule has 0 heterocycles. The van der Waals surface area contributed by atoms with E-state index in [0.29, 0.717) is 27.0 Å². The molecule has 1 unspecified atom stereocenters. The normalized spacial score (nSPS) is 11.4. The molecule has 30 heavy (non-hydrogen) atoms. The monoisotopic (exact) mass is 441 g/mol. The first-order valence-electron chi connectivity index (χ1n) is 9.37. The third-order valence-corrected chi connectivity index (χ3v) is 5.17. The Labute approximate surface area is 185 Å². The van der Waals surface area contributed by atoms with Crippen LogP contribution in [0.5, 0.6) is 0 Å². The van der Waals surface area contributed by atoms with Crippen molar-refractivity contribution in [2.45, 2.75) is 13.0 Å². The van der Waals surface area contributed by atoms with Crippen LogP contribution in [0.4, 0.5) is 11.4 Å². The molecule has 2 amide bonds. The number of hydrogen-bond donors (Lipinski definition) is 3. The highest BCUT2D eigenvalue weighted by atomic mass is 35.5. The van der Waals surface area contributed by atoms with E-state index in [4.69, 9.17) is 23.2 Å². The number of hydrogen-bond acceptors (Lipinski definition) is 3. The number of carbonyl (C=O) groups excluding carboxylic acids is 2. The van der Waals surface area contributed by atoms with Crippen LogP contribution in [0, 0.1) is 0 Å². The van der Waals surface area contributed by atoms with Crippen LogP contribution in [0.15, 0.2) is 72.8 Å². The predicted molar refractivity (Wildman–Crippen MR) is 122 cm³/mol. The average molecular weight is 442 g/mol. The van der Waals surface area contributed by atoms with Crippen LogP contribution in [-0.2, 0) is 4.79 Å². The van der Waals surface area contributed by atoms with E-state index < -0.39 is 0 Å². The molecule has 154 valence electrons. The Kier molecular flexibility index (Phi) is 7.33. The zero-order valence-electron chi connectivity index (χ0n) is 16.3. The predicted octanol–water partition coefficient (Wildman–Crippen LogP) is 5.54. The van der Waals surface area contributed by atoms with Crippen molar-refractivity contribution < 1.29 is 9.59 Å². The Hall–Kier alpha value is -3.02. The van der Waals surface area contributed by atoms with E-state index in [1.54, 1.807) is 42.5 Å². The molecular formula is C23H21Cl2N3O2. The van der Waals surface area contributed by atoms with E-state index in [2.05, 4.69) is 16.0 Å². The molecule has 5 nitrogen and oxygen atoms in total. The summed E-state index contributed by atoms with van der Waals surface area (Å²) < 4.78 is 0. The Balaban J connectivity index is 1.56. The topological polar surface area (TPSA) is 70.2 Å². The smallest absolute Gasteiger partial charge is 0.251 e. The quantitative estimate of drug-likeness (QED) is 0.450. The first kappa shape index (κ1) is 21.7. The van der Waals surface area contributed by atoms with Gasteiger partial charge in [-0.05, 0) is 48.9 Å². The van der Waals surface area contributed by atoms with E-state index in [1.807, 2.05) is 37.3 Å². The fourth-order valence-corrected chi connectivity index (χ4v) is 3.13. The maximum absolute atomic E-state index is 12.6. The molecule has 7 heteroatoms. The van der Waals surface area contributed by atoms with Gasteiger partial charge in [-0.1, -0.05) is 59.6 Å². The molecule has 0 spiro atoms. The number of carbonyl (C=O) groups is 2. The second-order valence-electron chi connectivity index (χ2n) is 6.72. The molecule has 0 saturated carbocycles. The van der Waals surface area contributed by atoms with Crippen LogP contribution in [-0.4, -0.2) is 18.4 Å². The second-order valence-corrected chi connectivity index (χ2v) is 7.53. The molecular weight excluding hydrogens is 421 g/mol. The van der Waals surface area contributed by atoms with Crippen molar-refractivity contribution in [3.05, 3.63) is 94.0 Å². The van der Waals surface area contributed by atoms with Crippen LogP contribution in [0.1, 0.15) is 28.9 Å². The summed E-state index contributed by atoms with van der Waals surface area (Å²) >= 11 is 11.8. The van der Waals surface area contributed by atoms with E-state index in [1.165, 1.54) is 0 Å². The fraction of sp³-hybridized carbons (Fsp3) is 0.130. The van der Waals surface area contributed by atoms with Crippen LogP contribution in [0.3, 0.4) is 0 Å². The van der Waals surface area contributed by atoms with Crippen molar-refractivity contribution in [1.82, 2.24) is 5.32 Å². The zero-order valence-corrected chi connectivity index (χ0v) is 17.8. The third kappa shape index (κ3) is 5.99. The molecule has 0 saturated heterocycles. The minimum atomic E-state index is -0.249. The SMILES string of the molecule is CC(NC(=O)c1cccc(NCC(=O)Nc2ccc(Cl)c(Cl)c2)c1)c1ccccc1. The van der Waals surface area contributed by atoms with Crippen molar-refractivity contribution in [1.29, 1.82) is 0 Å². The number of nitrogens with one attached hydrogen (secondary N) is 3. The number of amides is 2. The summed E-state index contributed by atoms with van der Waals surface area (Å²) in [4.78, 5) is 24.8. The van der Waals surface area contributed by atoms with Crippen LogP contribution >= 0.6 is 23.2 Å². The molecule has 3 aromatic rings. The molecule has 3 N–H and O–H groups in total. The van der Waals surface area contributed by atoms with Gasteiger partial charge in [0.05, 0.1) is 22.6 Å². The second kappa shape index (κ2) is 10.1. The van der Waals surface area contributed by atoms with Crippen molar-refractivity contribution >= 4 is 46.4 Å². The van der Waals surface area contributed by atoms with Crippen LogP contribution in [0.25, 0.3) is 0 Å². The lowest BCUT2D eigenvalue weighted by Gasteiger charge is -2.15. The molecule has 3 aromatic carbocycles. The Morgan fingerprint density at radius 3 is 2.37 bits per heavy atom. The van der Waals surface area contributed by atoms with Gasteiger partial charge in [-0.3, -0.25) is 9.59 Å². The third-order valence-electron chi connectivity index (χ3n) is 4.43. The molecule has 0 fully saturated rings. The van der Waals surface area contributed by atoms with Gasteiger partial charge < -0.3 is 16.0 Å². The Bertz CT molecular complexity index is 1040. The summed E-state index contributed by atoms with van der Waals surface area (Å²) in [7, 11) is 0. The van der Waals surface area contributed by atoms with Gasteiger partial charge in [0.1, 0.15) is 0 Å². The summed E-state index contributed by atoms with van der Waals surface area (Å²) in [6.45, 7) is 1.97. The fourth-order valence-electron chi connectivity index (χ4n) is 2.84. The maximum Gasteiger partial charge on any atom is 0.251 e. The highest BCUT2D eigenvalue weighted by Crippen LogP contribution is 2.25. The maximum atomic E-state index is 12.6. The molecule has 0 aliphatic heterocycles. The van der Waals surface area contributed by atoms with Crippen molar-refractivity contribution in [2.24, 2.45) is 0 Å². The largest absolute Gasteiger partial charge is 0.376 e. The molecule has 1 atom stereocenters. The zero-order chi connectivity index (χ0) is 21.5. The molecule has 0 aliphatic carbocycles. The summed E-state index contributed by atoms with van der Waals surface area (Å²) in [6, 6.07) is 21.5. The van der Waals surface area contributed by atoms with Gasteiger partial charge >= 0.3 is 0 Å². The minimum Gasteiger partial charge on any atom is -0.376 e. The minimum absolute atomic E-state index is 0.0335. The molecule has 0 radical (unpaired) electrons. The van der Waals surface area contributed by atoms with Gasteiger partial charge in [-0.2, -0.15) is 0 Å². The van der Waals surface area contributed by atoms with E-state index >= 15 is 0 Å². The number of rotatable bonds is 7. The molecule has 0 aromatic heterocycles. The highest BCUT2D eigenvalue weighted by Gasteiger charge is 2.12. The van der Waals surface area contributed by atoms with Crippen molar-refractivity contribution in [2.75, 3.05) is 17.2 Å². The summed E-state index contributed by atoms with van der Waals surface area (Å²) in [5, 5.41) is 9.52. The molecule has 0 bridgehead atoms. The Morgan fingerprint density at radius 2 is 1.63 bits per heavy atom. The first-order valence-corrected chi connectivity index (χ1v) is 10.1. The van der Waals surface area contributed by atoms with Gasteiger partial charge in [0, 0.05) is 16.9 Å². The molecule has 0 aliphatic rings. The summed E-state index contributed by atoms with van der Waals surface area (Å²) in [6.07, 6.45) is 0. The van der Waals surface area contributed by atoms with Gasteiger partial charge in [-0.25, -0.2) is 0 Å². The number of benzene rings is 3. The summed E-state index contributed by atoms with van der Waals surface area (Å²) in [5.74, 6) is -0.434. The van der Waals surface area contributed by atoms with E-state index in [-0.39, 0.29) is 24.4 Å². The van der Waals surface area contributed by atoms with Gasteiger partial charge in [0.25, 0.3) is 5.91 Å². The Morgan fingerprint density at radius 1 is 0.867 bits per heavy atom. The lowest BCUT2D eigenvalue weighted by molar-refractivity contribution is -0.114. The molecule has 3 rings (SSSR count). The lowest BCUT2D eigenvalue weighted by atomic mass is 10.1. The average Bonchev–Trinajstić information content (AvgIpc) is 2.75. The summed E-state index contributed by atoms with van der Waals surface area (Å²) in [5.41, 5.74) is 2.75. The van der Waals surface area contributed by atoms with E-state index in [9.17, 15) is 9.59 Å². The number of anilines is 2. The van der Waals surface area contributed by atoms with Gasteiger partial charge in [-0.15, -0.1) is 0 Å².